The summed E-state index contributed by atoms with van der Waals surface area (Å²) in [6.45, 7) is 0.0341. The van der Waals surface area contributed by atoms with Gasteiger partial charge in [-0.2, -0.15) is 5.26 Å². The van der Waals surface area contributed by atoms with Gasteiger partial charge >= 0.3 is 0 Å². The molecule has 1 aliphatic carbocycles. The lowest BCUT2D eigenvalue weighted by atomic mass is 10.1. The number of hydrogen-bond acceptors (Lipinski definition) is 8. The van der Waals surface area contributed by atoms with Gasteiger partial charge < -0.3 is 14.8 Å². The summed E-state index contributed by atoms with van der Waals surface area (Å²) >= 11 is 0. The van der Waals surface area contributed by atoms with E-state index in [1.807, 2.05) is 6.07 Å². The molecule has 11 heteroatoms. The first-order valence-electron chi connectivity index (χ1n) is 10.2. The SMILES string of the molecule is COc1cc(-c2ccc(OC)c3nc(C4(C(=O)NCCS(C)(=O)=O)CC4)nn23)ccc1C#N. The lowest BCUT2D eigenvalue weighted by Gasteiger charge is -2.11. The smallest absolute Gasteiger partial charge is 0.234 e. The van der Waals surface area contributed by atoms with E-state index < -0.39 is 15.3 Å². The molecule has 1 fully saturated rings. The largest absolute Gasteiger partial charge is 0.495 e. The van der Waals surface area contributed by atoms with Crippen molar-refractivity contribution in [2.24, 2.45) is 0 Å². The lowest BCUT2D eigenvalue weighted by molar-refractivity contribution is -0.123. The molecule has 33 heavy (non-hydrogen) atoms. The van der Waals surface area contributed by atoms with Crippen LogP contribution in [0.3, 0.4) is 0 Å². The number of carbonyl (C=O) groups excluding carboxylic acids is 1. The zero-order valence-corrected chi connectivity index (χ0v) is 19.3. The van der Waals surface area contributed by atoms with E-state index in [4.69, 9.17) is 9.47 Å². The molecule has 4 rings (SSSR count). The van der Waals surface area contributed by atoms with E-state index >= 15 is 0 Å². The fourth-order valence-corrected chi connectivity index (χ4v) is 4.13. The van der Waals surface area contributed by atoms with Gasteiger partial charge in [-0.15, -0.1) is 5.10 Å². The lowest BCUT2D eigenvalue weighted by Crippen LogP contribution is -2.38. The number of nitrogens with one attached hydrogen (secondary N) is 1. The summed E-state index contributed by atoms with van der Waals surface area (Å²) in [6.07, 6.45) is 2.26. The van der Waals surface area contributed by atoms with Crippen molar-refractivity contribution in [2.75, 3.05) is 32.8 Å². The molecule has 1 saturated carbocycles. The highest BCUT2D eigenvalue weighted by Crippen LogP contribution is 2.47. The third-order valence-corrected chi connectivity index (χ3v) is 6.60. The predicted molar refractivity (Wildman–Crippen MR) is 120 cm³/mol. The number of sulfone groups is 1. The van der Waals surface area contributed by atoms with Crippen molar-refractivity contribution in [2.45, 2.75) is 18.3 Å². The maximum atomic E-state index is 12.9. The molecule has 0 saturated heterocycles. The summed E-state index contributed by atoms with van der Waals surface area (Å²) < 4.78 is 35.1. The molecule has 0 atom stereocenters. The van der Waals surface area contributed by atoms with Crippen molar-refractivity contribution in [3.8, 4) is 28.8 Å². The standard InChI is InChI=1S/C22H23N5O5S/c1-31-17-7-6-16(14-4-5-15(13-23)18(12-14)32-2)27-19(17)25-20(26-27)22(8-9-22)21(28)24-10-11-33(3,29)30/h4-7,12H,8-11H2,1-3H3,(H,24,28). The number of hydrogen-bond donors (Lipinski definition) is 1. The van der Waals surface area contributed by atoms with E-state index in [1.165, 1.54) is 14.2 Å². The Balaban J connectivity index is 1.74. The third-order valence-electron chi connectivity index (χ3n) is 5.66. The summed E-state index contributed by atoms with van der Waals surface area (Å²) in [5, 5.41) is 16.6. The van der Waals surface area contributed by atoms with Crippen molar-refractivity contribution < 1.29 is 22.7 Å². The minimum atomic E-state index is -3.18. The number of benzene rings is 1. The summed E-state index contributed by atoms with van der Waals surface area (Å²) in [6, 6.07) is 10.9. The van der Waals surface area contributed by atoms with Gasteiger partial charge in [0, 0.05) is 18.4 Å². The van der Waals surface area contributed by atoms with Crippen molar-refractivity contribution in [3.63, 3.8) is 0 Å². The molecule has 1 amide bonds. The van der Waals surface area contributed by atoms with E-state index in [1.54, 1.807) is 28.8 Å². The van der Waals surface area contributed by atoms with E-state index in [0.717, 1.165) is 11.8 Å². The van der Waals surface area contributed by atoms with Crippen LogP contribution in [-0.4, -0.2) is 61.7 Å². The van der Waals surface area contributed by atoms with Crippen LogP contribution in [0.2, 0.25) is 0 Å². The Labute approximate surface area is 191 Å². The van der Waals surface area contributed by atoms with Gasteiger partial charge in [-0.25, -0.2) is 17.9 Å². The number of methoxy groups -OCH3 is 2. The minimum Gasteiger partial charge on any atom is -0.495 e. The van der Waals surface area contributed by atoms with Crippen LogP contribution in [0.4, 0.5) is 0 Å². The fourth-order valence-electron chi connectivity index (χ4n) is 3.66. The average molecular weight is 470 g/mol. The Morgan fingerprint density at radius 1 is 1.21 bits per heavy atom. The van der Waals surface area contributed by atoms with E-state index in [0.29, 0.717) is 47.1 Å². The number of ether oxygens (including phenoxy) is 2. The molecule has 1 aliphatic rings. The van der Waals surface area contributed by atoms with E-state index in [-0.39, 0.29) is 18.2 Å². The molecule has 0 radical (unpaired) electrons. The van der Waals surface area contributed by atoms with Crippen LogP contribution in [0.1, 0.15) is 24.2 Å². The maximum Gasteiger partial charge on any atom is 0.234 e. The Hall–Kier alpha value is -3.65. The molecular formula is C22H23N5O5S. The van der Waals surface area contributed by atoms with E-state index in [9.17, 15) is 18.5 Å². The Morgan fingerprint density at radius 3 is 2.55 bits per heavy atom. The van der Waals surface area contributed by atoms with Gasteiger partial charge in [0.1, 0.15) is 27.1 Å². The zero-order valence-electron chi connectivity index (χ0n) is 18.5. The molecule has 3 aromatic rings. The van der Waals surface area contributed by atoms with Gasteiger partial charge in [0.05, 0.1) is 31.2 Å². The van der Waals surface area contributed by atoms with Gasteiger partial charge in [-0.1, -0.05) is 6.07 Å². The monoisotopic (exact) mass is 469 g/mol. The van der Waals surface area contributed by atoms with Crippen molar-refractivity contribution in [3.05, 3.63) is 41.7 Å². The van der Waals surface area contributed by atoms with E-state index in [2.05, 4.69) is 21.5 Å². The summed E-state index contributed by atoms with van der Waals surface area (Å²) in [4.78, 5) is 17.5. The molecule has 2 aromatic heterocycles. The highest BCUT2D eigenvalue weighted by molar-refractivity contribution is 7.90. The second kappa shape index (κ2) is 8.37. The second-order valence-corrected chi connectivity index (χ2v) is 10.2. The van der Waals surface area contributed by atoms with Crippen LogP contribution >= 0.6 is 0 Å². The van der Waals surface area contributed by atoms with Gasteiger partial charge in [-0.05, 0) is 37.1 Å². The van der Waals surface area contributed by atoms with Crippen LogP contribution in [0.5, 0.6) is 11.5 Å². The molecule has 172 valence electrons. The molecule has 1 N–H and O–H groups in total. The highest BCUT2D eigenvalue weighted by Gasteiger charge is 2.54. The summed E-state index contributed by atoms with van der Waals surface area (Å²) in [7, 11) is -0.160. The second-order valence-electron chi connectivity index (χ2n) is 7.95. The number of fused-ring (bicyclic) bond motifs is 1. The Kier molecular flexibility index (Phi) is 5.71. The molecule has 0 spiro atoms. The molecule has 0 bridgehead atoms. The quantitative estimate of drug-likeness (QED) is 0.524. The van der Waals surface area contributed by atoms with Gasteiger partial charge in [0.25, 0.3) is 0 Å². The van der Waals surface area contributed by atoms with Gasteiger partial charge in [0.2, 0.25) is 5.91 Å². The average Bonchev–Trinajstić information content (AvgIpc) is 3.49. The normalized spacial score (nSPS) is 14.5. The van der Waals surface area contributed by atoms with Crippen molar-refractivity contribution >= 4 is 21.4 Å². The molecule has 0 unspecified atom stereocenters. The Bertz CT molecular complexity index is 1390. The van der Waals surface area contributed by atoms with Gasteiger partial charge in [-0.3, -0.25) is 4.79 Å². The highest BCUT2D eigenvalue weighted by atomic mass is 32.2. The number of amides is 1. The maximum absolute atomic E-state index is 12.9. The number of aromatic nitrogens is 3. The first-order chi connectivity index (χ1) is 15.7. The van der Waals surface area contributed by atoms with Crippen LogP contribution in [0.25, 0.3) is 16.9 Å². The number of rotatable bonds is 8. The molecule has 1 aromatic carbocycles. The molecule has 2 heterocycles. The third kappa shape index (κ3) is 4.21. The zero-order chi connectivity index (χ0) is 23.8. The number of nitrogens with zero attached hydrogens (tertiary/aromatic N) is 4. The van der Waals surface area contributed by atoms with Crippen molar-refractivity contribution in [1.29, 1.82) is 5.26 Å². The number of pyridine rings is 1. The molecule has 0 aliphatic heterocycles. The van der Waals surface area contributed by atoms with Crippen LogP contribution in [0, 0.1) is 11.3 Å². The number of carbonyl (C=O) groups is 1. The van der Waals surface area contributed by atoms with Crippen LogP contribution in [0.15, 0.2) is 30.3 Å². The summed E-state index contributed by atoms with van der Waals surface area (Å²) in [5.41, 5.74) is 1.39. The number of nitriles is 1. The minimum absolute atomic E-state index is 0.0341. The van der Waals surface area contributed by atoms with Crippen LogP contribution in [-0.2, 0) is 20.0 Å². The predicted octanol–water partition coefficient (Wildman–Crippen LogP) is 1.48. The fraction of sp³-hybridized carbons (Fsp3) is 0.364. The van der Waals surface area contributed by atoms with Crippen LogP contribution < -0.4 is 14.8 Å². The molecule has 10 nitrogen and oxygen atoms in total. The Morgan fingerprint density at radius 2 is 1.94 bits per heavy atom. The topological polar surface area (TPSA) is 136 Å². The summed E-state index contributed by atoms with van der Waals surface area (Å²) in [5.74, 6) is 0.856. The van der Waals surface area contributed by atoms with Crippen molar-refractivity contribution in [1.82, 2.24) is 19.9 Å². The molecular weight excluding hydrogens is 446 g/mol. The first-order valence-corrected chi connectivity index (χ1v) is 12.3. The van der Waals surface area contributed by atoms with Gasteiger partial charge in [0.15, 0.2) is 17.2 Å². The first kappa shape index (κ1) is 22.5.